The second-order valence-electron chi connectivity index (χ2n) is 3.03. The summed E-state index contributed by atoms with van der Waals surface area (Å²) in [5.41, 5.74) is 6.15. The average molecular weight is 170 g/mol. The van der Waals surface area contributed by atoms with Crippen LogP contribution < -0.4 is 11.1 Å². The third-order valence-corrected chi connectivity index (χ3v) is 1.51. The second-order valence-corrected chi connectivity index (χ2v) is 3.03. The van der Waals surface area contributed by atoms with Crippen molar-refractivity contribution >= 4 is 5.91 Å². The SMILES string of the molecule is C=C(C)CCNCCCC(N)=O. The van der Waals surface area contributed by atoms with Gasteiger partial charge in [0.2, 0.25) is 5.91 Å². The number of amides is 1. The van der Waals surface area contributed by atoms with Crippen LogP contribution in [0.1, 0.15) is 26.2 Å². The molecule has 0 aliphatic rings. The van der Waals surface area contributed by atoms with Gasteiger partial charge in [-0.2, -0.15) is 0 Å². The van der Waals surface area contributed by atoms with E-state index in [-0.39, 0.29) is 5.91 Å². The van der Waals surface area contributed by atoms with Gasteiger partial charge in [-0.05, 0) is 32.9 Å². The van der Waals surface area contributed by atoms with Gasteiger partial charge in [0.15, 0.2) is 0 Å². The molecule has 0 saturated heterocycles. The van der Waals surface area contributed by atoms with Crippen molar-refractivity contribution in [2.24, 2.45) is 5.73 Å². The normalized spacial score (nSPS) is 9.75. The van der Waals surface area contributed by atoms with Gasteiger partial charge in [0.1, 0.15) is 0 Å². The van der Waals surface area contributed by atoms with Crippen molar-refractivity contribution in [3.63, 3.8) is 0 Å². The Morgan fingerprint density at radius 2 is 2.08 bits per heavy atom. The van der Waals surface area contributed by atoms with E-state index in [0.29, 0.717) is 6.42 Å². The Balaban J connectivity index is 3.01. The van der Waals surface area contributed by atoms with Crippen LogP contribution in [0.15, 0.2) is 12.2 Å². The van der Waals surface area contributed by atoms with Gasteiger partial charge in [-0.15, -0.1) is 6.58 Å². The Bertz CT molecular complexity index is 137. The molecule has 1 amide bonds. The molecule has 0 aromatic heterocycles. The van der Waals surface area contributed by atoms with Crippen LogP contribution in [0.25, 0.3) is 0 Å². The third-order valence-electron chi connectivity index (χ3n) is 1.51. The molecule has 0 heterocycles. The minimum atomic E-state index is -0.225. The minimum Gasteiger partial charge on any atom is -0.370 e. The van der Waals surface area contributed by atoms with Crippen molar-refractivity contribution in [3.05, 3.63) is 12.2 Å². The third kappa shape index (κ3) is 9.17. The lowest BCUT2D eigenvalue weighted by atomic mass is 10.2. The first-order chi connectivity index (χ1) is 5.63. The van der Waals surface area contributed by atoms with Crippen LogP contribution in [0.3, 0.4) is 0 Å². The van der Waals surface area contributed by atoms with Crippen molar-refractivity contribution < 1.29 is 4.79 Å². The highest BCUT2D eigenvalue weighted by Gasteiger charge is 1.93. The average Bonchev–Trinajstić information content (AvgIpc) is 1.95. The summed E-state index contributed by atoms with van der Waals surface area (Å²) in [5, 5.41) is 3.20. The maximum Gasteiger partial charge on any atom is 0.217 e. The molecule has 0 aliphatic carbocycles. The van der Waals surface area contributed by atoms with E-state index in [1.165, 1.54) is 5.57 Å². The Hall–Kier alpha value is -0.830. The van der Waals surface area contributed by atoms with Crippen molar-refractivity contribution in [2.75, 3.05) is 13.1 Å². The number of nitrogens with two attached hydrogens (primary N) is 1. The Labute approximate surface area is 74.0 Å². The number of primary amides is 1. The molecule has 3 nitrogen and oxygen atoms in total. The van der Waals surface area contributed by atoms with Crippen LogP contribution in [0.5, 0.6) is 0 Å². The summed E-state index contributed by atoms with van der Waals surface area (Å²) >= 11 is 0. The number of carbonyl (C=O) groups is 1. The molecule has 3 heteroatoms. The Kier molecular flexibility index (Phi) is 6.38. The van der Waals surface area contributed by atoms with Crippen LogP contribution in [0, 0.1) is 0 Å². The van der Waals surface area contributed by atoms with Gasteiger partial charge in [-0.3, -0.25) is 4.79 Å². The van der Waals surface area contributed by atoms with Gasteiger partial charge in [-0.25, -0.2) is 0 Å². The van der Waals surface area contributed by atoms with Crippen molar-refractivity contribution in [1.29, 1.82) is 0 Å². The standard InChI is InChI=1S/C9H18N2O/c1-8(2)5-7-11-6-3-4-9(10)12/h11H,1,3-7H2,2H3,(H2,10,12). The monoisotopic (exact) mass is 170 g/mol. The highest BCUT2D eigenvalue weighted by Crippen LogP contribution is 1.92. The van der Waals surface area contributed by atoms with Gasteiger partial charge < -0.3 is 11.1 Å². The van der Waals surface area contributed by atoms with Crippen LogP contribution >= 0.6 is 0 Å². The number of carbonyl (C=O) groups excluding carboxylic acids is 1. The largest absolute Gasteiger partial charge is 0.370 e. The molecular formula is C9H18N2O. The van der Waals surface area contributed by atoms with Crippen LogP contribution in [-0.2, 0) is 4.79 Å². The Morgan fingerprint density at radius 3 is 2.58 bits per heavy atom. The lowest BCUT2D eigenvalue weighted by Crippen LogP contribution is -2.19. The fourth-order valence-corrected chi connectivity index (χ4v) is 0.814. The van der Waals surface area contributed by atoms with E-state index in [4.69, 9.17) is 5.73 Å². The van der Waals surface area contributed by atoms with Gasteiger partial charge >= 0.3 is 0 Å². The van der Waals surface area contributed by atoms with Crippen molar-refractivity contribution in [3.8, 4) is 0 Å². The van der Waals surface area contributed by atoms with E-state index in [9.17, 15) is 4.79 Å². The van der Waals surface area contributed by atoms with E-state index in [1.807, 2.05) is 6.92 Å². The van der Waals surface area contributed by atoms with Crippen LogP contribution in [0.2, 0.25) is 0 Å². The molecule has 0 aromatic rings. The minimum absolute atomic E-state index is 0.225. The summed E-state index contributed by atoms with van der Waals surface area (Å²) in [5.74, 6) is -0.225. The number of hydrogen-bond donors (Lipinski definition) is 2. The number of rotatable bonds is 7. The fourth-order valence-electron chi connectivity index (χ4n) is 0.814. The van der Waals surface area contributed by atoms with Gasteiger partial charge in [-0.1, -0.05) is 5.57 Å². The number of hydrogen-bond acceptors (Lipinski definition) is 2. The quantitative estimate of drug-likeness (QED) is 0.439. The second kappa shape index (κ2) is 6.85. The highest BCUT2D eigenvalue weighted by molar-refractivity contribution is 5.73. The zero-order valence-corrected chi connectivity index (χ0v) is 7.73. The van der Waals surface area contributed by atoms with Gasteiger partial charge in [0.05, 0.1) is 0 Å². The molecule has 0 unspecified atom stereocenters. The molecule has 0 aliphatic heterocycles. The molecule has 0 saturated carbocycles. The maximum atomic E-state index is 10.3. The topological polar surface area (TPSA) is 55.1 Å². The molecule has 0 atom stereocenters. The fraction of sp³-hybridized carbons (Fsp3) is 0.667. The zero-order chi connectivity index (χ0) is 9.40. The lowest BCUT2D eigenvalue weighted by Gasteiger charge is -2.02. The predicted molar refractivity (Wildman–Crippen MR) is 50.7 cm³/mol. The molecule has 70 valence electrons. The molecule has 0 rings (SSSR count). The maximum absolute atomic E-state index is 10.3. The van der Waals surface area contributed by atoms with E-state index in [0.717, 1.165) is 25.9 Å². The summed E-state index contributed by atoms with van der Waals surface area (Å²) in [6.07, 6.45) is 2.29. The summed E-state index contributed by atoms with van der Waals surface area (Å²) in [6.45, 7) is 7.59. The molecular weight excluding hydrogens is 152 g/mol. The zero-order valence-electron chi connectivity index (χ0n) is 7.73. The van der Waals surface area contributed by atoms with Gasteiger partial charge in [0.25, 0.3) is 0 Å². The molecule has 0 aromatic carbocycles. The molecule has 12 heavy (non-hydrogen) atoms. The smallest absolute Gasteiger partial charge is 0.217 e. The lowest BCUT2D eigenvalue weighted by molar-refractivity contribution is -0.118. The molecule has 0 radical (unpaired) electrons. The molecule has 3 N–H and O–H groups in total. The van der Waals surface area contributed by atoms with E-state index in [2.05, 4.69) is 11.9 Å². The summed E-state index contributed by atoms with van der Waals surface area (Å²) < 4.78 is 0. The van der Waals surface area contributed by atoms with Crippen molar-refractivity contribution in [2.45, 2.75) is 26.2 Å². The number of nitrogens with one attached hydrogen (secondary N) is 1. The molecule has 0 spiro atoms. The predicted octanol–water partition coefficient (Wildman–Crippen LogP) is 0.808. The van der Waals surface area contributed by atoms with Crippen LogP contribution in [0.4, 0.5) is 0 Å². The first-order valence-electron chi connectivity index (χ1n) is 4.26. The molecule has 0 bridgehead atoms. The summed E-state index contributed by atoms with van der Waals surface area (Å²) in [4.78, 5) is 10.3. The van der Waals surface area contributed by atoms with E-state index in [1.54, 1.807) is 0 Å². The highest BCUT2D eigenvalue weighted by atomic mass is 16.1. The molecule has 0 fully saturated rings. The first-order valence-corrected chi connectivity index (χ1v) is 4.26. The van der Waals surface area contributed by atoms with Gasteiger partial charge in [0, 0.05) is 6.42 Å². The summed E-state index contributed by atoms with van der Waals surface area (Å²) in [6, 6.07) is 0. The van der Waals surface area contributed by atoms with E-state index < -0.39 is 0 Å². The van der Waals surface area contributed by atoms with Crippen LogP contribution in [-0.4, -0.2) is 19.0 Å². The summed E-state index contributed by atoms with van der Waals surface area (Å²) in [7, 11) is 0. The van der Waals surface area contributed by atoms with Crippen molar-refractivity contribution in [1.82, 2.24) is 5.32 Å². The van der Waals surface area contributed by atoms with E-state index >= 15 is 0 Å². The Morgan fingerprint density at radius 1 is 1.42 bits per heavy atom. The first kappa shape index (κ1) is 11.2.